The number of benzene rings is 1. The summed E-state index contributed by atoms with van der Waals surface area (Å²) in [4.78, 5) is 4.37. The maximum Gasteiger partial charge on any atom is 0.146 e. The van der Waals surface area contributed by atoms with Gasteiger partial charge in [0.25, 0.3) is 0 Å². The lowest BCUT2D eigenvalue weighted by Gasteiger charge is -2.07. The number of hydrogen-bond acceptors (Lipinski definition) is 2. The predicted molar refractivity (Wildman–Crippen MR) is 76.1 cm³/mol. The summed E-state index contributed by atoms with van der Waals surface area (Å²) < 4.78 is 4.21. The van der Waals surface area contributed by atoms with E-state index in [9.17, 15) is 0 Å². The van der Waals surface area contributed by atoms with E-state index in [0.29, 0.717) is 0 Å². The average Bonchev–Trinajstić information content (AvgIpc) is 2.98. The van der Waals surface area contributed by atoms with Crippen molar-refractivity contribution in [2.45, 2.75) is 33.4 Å². The van der Waals surface area contributed by atoms with Crippen molar-refractivity contribution >= 4 is 10.9 Å². The Morgan fingerprint density at radius 1 is 1.21 bits per heavy atom. The molecule has 1 aromatic carbocycles. The first-order chi connectivity index (χ1) is 9.28. The topological polar surface area (TPSA) is 35.6 Å². The van der Waals surface area contributed by atoms with Crippen molar-refractivity contribution in [3.05, 3.63) is 48.2 Å². The summed E-state index contributed by atoms with van der Waals surface area (Å²) in [6, 6.07) is 8.69. The highest BCUT2D eigenvalue weighted by Gasteiger charge is 2.07. The molecule has 0 aliphatic carbocycles. The lowest BCUT2D eigenvalue weighted by Crippen LogP contribution is -2.09. The fourth-order valence-corrected chi connectivity index (χ4v) is 2.42. The fourth-order valence-electron chi connectivity index (χ4n) is 2.42. The summed E-state index contributed by atoms with van der Waals surface area (Å²) in [6.07, 6.45) is 4.83. The molecular weight excluding hydrogens is 236 g/mol. The quantitative estimate of drug-likeness (QED) is 0.717. The largest absolute Gasteiger partial charge is 0.340 e. The molecule has 98 valence electrons. The first-order valence-electron chi connectivity index (χ1n) is 6.70. The van der Waals surface area contributed by atoms with E-state index in [2.05, 4.69) is 59.0 Å². The van der Waals surface area contributed by atoms with E-state index in [1.165, 1.54) is 16.5 Å². The number of fused-ring (bicyclic) bond motifs is 1. The van der Waals surface area contributed by atoms with Gasteiger partial charge in [-0.15, -0.1) is 0 Å². The zero-order valence-electron chi connectivity index (χ0n) is 11.4. The molecule has 0 saturated carbocycles. The normalized spacial score (nSPS) is 11.3. The van der Waals surface area contributed by atoms with Crippen LogP contribution in [0.3, 0.4) is 0 Å². The van der Waals surface area contributed by atoms with E-state index in [0.717, 1.165) is 25.3 Å². The minimum atomic E-state index is 0.770. The molecule has 0 amide bonds. The fraction of sp³-hybridized carbons (Fsp3) is 0.333. The van der Waals surface area contributed by atoms with Crippen LogP contribution in [0.25, 0.3) is 10.9 Å². The maximum absolute atomic E-state index is 4.37. The second kappa shape index (κ2) is 4.88. The van der Waals surface area contributed by atoms with Crippen LogP contribution in [-0.4, -0.2) is 19.3 Å². The third-order valence-electron chi connectivity index (χ3n) is 3.37. The zero-order valence-corrected chi connectivity index (χ0v) is 11.4. The Balaban J connectivity index is 1.94. The molecule has 0 radical (unpaired) electrons. The minimum absolute atomic E-state index is 0.770. The van der Waals surface area contributed by atoms with Gasteiger partial charge >= 0.3 is 0 Å². The van der Waals surface area contributed by atoms with Gasteiger partial charge in [0.15, 0.2) is 0 Å². The molecule has 4 heteroatoms. The highest BCUT2D eigenvalue weighted by molar-refractivity contribution is 5.80. The zero-order chi connectivity index (χ0) is 13.2. The van der Waals surface area contributed by atoms with Crippen LogP contribution < -0.4 is 0 Å². The minimum Gasteiger partial charge on any atom is -0.340 e. The highest BCUT2D eigenvalue weighted by atomic mass is 15.3. The summed E-state index contributed by atoms with van der Waals surface area (Å²) >= 11 is 0. The molecule has 0 N–H and O–H groups in total. The molecular formula is C15H18N4. The number of aryl methyl sites for hydroxylation is 2. The molecule has 0 saturated heterocycles. The third kappa shape index (κ3) is 2.26. The first kappa shape index (κ1) is 12.0. The van der Waals surface area contributed by atoms with Crippen molar-refractivity contribution in [2.24, 2.45) is 0 Å². The molecule has 0 bridgehead atoms. The van der Waals surface area contributed by atoms with Gasteiger partial charge in [-0.2, -0.15) is 5.10 Å². The monoisotopic (exact) mass is 254 g/mol. The van der Waals surface area contributed by atoms with Crippen LogP contribution >= 0.6 is 0 Å². The highest BCUT2D eigenvalue weighted by Crippen LogP contribution is 2.18. The van der Waals surface area contributed by atoms with E-state index in [-0.39, 0.29) is 0 Å². The van der Waals surface area contributed by atoms with Gasteiger partial charge in [0, 0.05) is 18.3 Å². The lowest BCUT2D eigenvalue weighted by atomic mass is 10.2. The van der Waals surface area contributed by atoms with E-state index in [1.807, 2.05) is 4.68 Å². The van der Waals surface area contributed by atoms with Crippen LogP contribution in [0.1, 0.15) is 24.7 Å². The molecule has 3 aromatic rings. The van der Waals surface area contributed by atoms with Gasteiger partial charge in [-0.3, -0.25) is 0 Å². The van der Waals surface area contributed by atoms with Gasteiger partial charge in [-0.25, -0.2) is 9.67 Å². The van der Waals surface area contributed by atoms with Crippen molar-refractivity contribution in [1.82, 2.24) is 19.3 Å². The smallest absolute Gasteiger partial charge is 0.146 e. The Morgan fingerprint density at radius 2 is 2.11 bits per heavy atom. The molecule has 2 aromatic heterocycles. The van der Waals surface area contributed by atoms with Crippen molar-refractivity contribution in [1.29, 1.82) is 0 Å². The molecule has 0 aliphatic rings. The van der Waals surface area contributed by atoms with Crippen LogP contribution in [0.15, 0.2) is 36.8 Å². The van der Waals surface area contributed by atoms with Crippen molar-refractivity contribution in [3.8, 4) is 0 Å². The van der Waals surface area contributed by atoms with Crippen LogP contribution in [0.2, 0.25) is 0 Å². The molecule has 0 fully saturated rings. The predicted octanol–water partition coefficient (Wildman–Crippen LogP) is 3.00. The summed E-state index contributed by atoms with van der Waals surface area (Å²) in [5.41, 5.74) is 2.54. The molecule has 4 nitrogen and oxygen atoms in total. The van der Waals surface area contributed by atoms with Gasteiger partial charge in [0.05, 0.1) is 6.54 Å². The lowest BCUT2D eigenvalue weighted by molar-refractivity contribution is 0.557. The molecule has 0 atom stereocenters. The second-order valence-electron chi connectivity index (χ2n) is 4.91. The Morgan fingerprint density at radius 3 is 2.95 bits per heavy atom. The number of hydrogen-bond donors (Lipinski definition) is 0. The average molecular weight is 254 g/mol. The van der Waals surface area contributed by atoms with E-state index in [1.54, 1.807) is 6.33 Å². The van der Waals surface area contributed by atoms with Gasteiger partial charge < -0.3 is 4.57 Å². The SMILES string of the molecule is CCCn1ncnc1Cn1ccc2cc(C)ccc21. The van der Waals surface area contributed by atoms with Crippen LogP contribution in [0.5, 0.6) is 0 Å². The third-order valence-corrected chi connectivity index (χ3v) is 3.37. The molecule has 0 spiro atoms. The van der Waals surface area contributed by atoms with Crippen molar-refractivity contribution < 1.29 is 0 Å². The van der Waals surface area contributed by atoms with Gasteiger partial charge in [-0.05, 0) is 36.9 Å². The number of nitrogens with zero attached hydrogens (tertiary/aromatic N) is 4. The number of rotatable bonds is 4. The van der Waals surface area contributed by atoms with Crippen LogP contribution in [0, 0.1) is 6.92 Å². The molecule has 0 aliphatic heterocycles. The van der Waals surface area contributed by atoms with Crippen LogP contribution in [0.4, 0.5) is 0 Å². The van der Waals surface area contributed by atoms with Gasteiger partial charge in [-0.1, -0.05) is 18.6 Å². The first-order valence-corrected chi connectivity index (χ1v) is 6.70. The van der Waals surface area contributed by atoms with Crippen molar-refractivity contribution in [3.63, 3.8) is 0 Å². The van der Waals surface area contributed by atoms with E-state index in [4.69, 9.17) is 0 Å². The van der Waals surface area contributed by atoms with Gasteiger partial charge in [0.1, 0.15) is 12.2 Å². The van der Waals surface area contributed by atoms with Gasteiger partial charge in [0.2, 0.25) is 0 Å². The van der Waals surface area contributed by atoms with E-state index >= 15 is 0 Å². The number of aromatic nitrogens is 4. The van der Waals surface area contributed by atoms with E-state index < -0.39 is 0 Å². The summed E-state index contributed by atoms with van der Waals surface area (Å²) in [6.45, 7) is 5.97. The Bertz CT molecular complexity index is 693. The molecule has 3 rings (SSSR count). The molecule has 19 heavy (non-hydrogen) atoms. The second-order valence-corrected chi connectivity index (χ2v) is 4.91. The summed E-state index contributed by atoms with van der Waals surface area (Å²) in [7, 11) is 0. The van der Waals surface area contributed by atoms with Crippen LogP contribution in [-0.2, 0) is 13.1 Å². The molecule has 0 unspecified atom stereocenters. The summed E-state index contributed by atoms with van der Waals surface area (Å²) in [5, 5.41) is 5.55. The standard InChI is InChI=1S/C15H18N4/c1-3-7-19-15(16-11-17-19)10-18-8-6-13-9-12(2)4-5-14(13)18/h4-6,8-9,11H,3,7,10H2,1-2H3. The Kier molecular flexibility index (Phi) is 3.07. The maximum atomic E-state index is 4.37. The summed E-state index contributed by atoms with van der Waals surface area (Å²) in [5.74, 6) is 1.01. The Labute approximate surface area is 112 Å². The molecule has 2 heterocycles. The van der Waals surface area contributed by atoms with Crippen molar-refractivity contribution in [2.75, 3.05) is 0 Å². The Hall–Kier alpha value is -2.10.